The Kier molecular flexibility index (Phi) is 2.61. The maximum Gasteiger partial charge on any atom is 0.136 e. The van der Waals surface area contributed by atoms with E-state index in [2.05, 4.69) is 0 Å². The second kappa shape index (κ2) is 9.44. The predicted octanol–water partition coefficient (Wildman–Crippen LogP) is 12.0. The van der Waals surface area contributed by atoms with E-state index in [9.17, 15) is 12.3 Å². The fraction of sp³-hybridized carbons (Fsp3) is 0. The smallest absolute Gasteiger partial charge is 0.136 e. The quantitative estimate of drug-likeness (QED) is 0.194. The molecule has 0 aliphatic rings. The van der Waals surface area contributed by atoms with Crippen LogP contribution in [0.2, 0.25) is 0 Å². The summed E-state index contributed by atoms with van der Waals surface area (Å²) in [5.41, 5.74) is -1.28. The third-order valence-electron chi connectivity index (χ3n) is 7.48. The number of hydrogen-bond donors (Lipinski definition) is 0. The van der Waals surface area contributed by atoms with Gasteiger partial charge in [0.2, 0.25) is 0 Å². The van der Waals surface area contributed by atoms with Gasteiger partial charge < -0.3 is 4.42 Å². The summed E-state index contributed by atoms with van der Waals surface area (Å²) in [6, 6.07) is -3.28. The molecule has 1 heteroatoms. The number of fused-ring (bicyclic) bond motifs is 6. The molecule has 0 bridgehead atoms. The zero-order chi connectivity index (χ0) is 44.9. The number of hydrogen-bond acceptors (Lipinski definition) is 1. The molecule has 0 unspecified atom stereocenters. The first-order chi connectivity index (χ1) is 29.3. The summed E-state index contributed by atoms with van der Waals surface area (Å²) in [5.74, 6) is 0. The van der Waals surface area contributed by atoms with E-state index in [1.807, 2.05) is 0 Å². The van der Waals surface area contributed by atoms with E-state index in [1.165, 1.54) is 0 Å². The minimum atomic E-state index is -0.869. The molecule has 0 radical (unpaired) electrons. The number of rotatable bonds is 3. The Morgan fingerprint density at radius 3 is 1.72 bits per heavy atom. The fourth-order valence-electron chi connectivity index (χ4n) is 5.68. The van der Waals surface area contributed by atoms with Crippen molar-refractivity contribution in [3.05, 3.63) is 157 Å². The third kappa shape index (κ3) is 3.65. The van der Waals surface area contributed by atoms with E-state index in [1.54, 1.807) is 42.5 Å². The molecular weight excluding hydrogens is 520 g/mol. The van der Waals surface area contributed by atoms with Crippen molar-refractivity contribution in [3.8, 4) is 33.4 Å². The molecule has 1 nitrogen and oxygen atoms in total. The van der Waals surface area contributed by atoms with Crippen molar-refractivity contribution in [1.29, 1.82) is 0 Å². The van der Waals surface area contributed by atoms with Crippen molar-refractivity contribution in [2.24, 2.45) is 0 Å². The average molecular weight is 566 g/mol. The molecule has 0 amide bonds. The lowest BCUT2D eigenvalue weighted by Crippen LogP contribution is -1.91. The molecule has 8 aromatic carbocycles. The Labute approximate surface area is 275 Å². The molecule has 0 fully saturated rings. The van der Waals surface area contributed by atoms with E-state index >= 15 is 0 Å². The molecule has 9 rings (SSSR count). The van der Waals surface area contributed by atoms with E-state index in [0.29, 0.717) is 21.9 Å². The molecule has 200 valence electrons. The fourth-order valence-corrected chi connectivity index (χ4v) is 5.68. The topological polar surface area (TPSA) is 13.1 Å². The number of para-hydroxylation sites is 1. The predicted molar refractivity (Wildman–Crippen MR) is 183 cm³/mol. The molecule has 43 heavy (non-hydrogen) atoms. The summed E-state index contributed by atoms with van der Waals surface area (Å²) >= 11 is 0. The Morgan fingerprint density at radius 1 is 0.395 bits per heavy atom. The van der Waals surface area contributed by atoms with Crippen LogP contribution in [0.15, 0.2) is 162 Å². The van der Waals surface area contributed by atoms with Crippen LogP contribution in [0.4, 0.5) is 0 Å². The van der Waals surface area contributed by atoms with Gasteiger partial charge in [-0.25, -0.2) is 0 Å². The Balaban J connectivity index is 1.57. The summed E-state index contributed by atoms with van der Waals surface area (Å²) in [4.78, 5) is 0. The van der Waals surface area contributed by atoms with Gasteiger partial charge in [-0.1, -0.05) is 145 Å². The highest BCUT2D eigenvalue weighted by Crippen LogP contribution is 2.45. The zero-order valence-corrected chi connectivity index (χ0v) is 21.9. The Morgan fingerprint density at radius 2 is 0.977 bits per heavy atom. The number of furan rings is 1. The average Bonchev–Trinajstić information content (AvgIpc) is 3.65. The molecule has 1 aromatic heterocycles. The van der Waals surface area contributed by atoms with Crippen molar-refractivity contribution >= 4 is 54.3 Å². The van der Waals surface area contributed by atoms with Crippen LogP contribution in [-0.4, -0.2) is 0 Å². The molecule has 0 aliphatic heterocycles. The van der Waals surface area contributed by atoms with Crippen LogP contribution in [0.3, 0.4) is 0 Å². The molecule has 0 atom stereocenters. The number of benzene rings is 8. The van der Waals surface area contributed by atoms with Crippen molar-refractivity contribution in [3.63, 3.8) is 0 Å². The van der Waals surface area contributed by atoms with E-state index < -0.39 is 169 Å². The maximum atomic E-state index is 9.53. The van der Waals surface area contributed by atoms with Crippen molar-refractivity contribution < 1.29 is 30.5 Å². The van der Waals surface area contributed by atoms with Crippen molar-refractivity contribution in [2.75, 3.05) is 0 Å². The van der Waals surface area contributed by atoms with Gasteiger partial charge >= 0.3 is 0 Å². The van der Waals surface area contributed by atoms with Crippen LogP contribution in [0.25, 0.3) is 87.6 Å². The lowest BCUT2D eigenvalue weighted by Gasteiger charge is -2.19. The second-order valence-electron chi connectivity index (χ2n) is 9.78. The van der Waals surface area contributed by atoms with Gasteiger partial charge in [0, 0.05) is 10.8 Å². The summed E-state index contributed by atoms with van der Waals surface area (Å²) in [5, 5.41) is -2.22. The molecule has 0 N–H and O–H groups in total. The first-order valence-electron chi connectivity index (χ1n) is 22.7. The van der Waals surface area contributed by atoms with Crippen LogP contribution >= 0.6 is 0 Å². The molecule has 0 spiro atoms. The normalized spacial score (nSPS) is 17.9. The van der Waals surface area contributed by atoms with Gasteiger partial charge in [0.1, 0.15) is 11.2 Å². The molecular formula is C42H26O. The monoisotopic (exact) mass is 565 g/mol. The lowest BCUT2D eigenvalue weighted by molar-refractivity contribution is 0.669. The summed E-state index contributed by atoms with van der Waals surface area (Å²) < 4.78 is 178. The Bertz CT molecular complexity index is 3460. The van der Waals surface area contributed by atoms with Crippen LogP contribution < -0.4 is 0 Å². The van der Waals surface area contributed by atoms with Crippen molar-refractivity contribution in [1.82, 2.24) is 0 Å². The molecule has 0 saturated heterocycles. The molecule has 0 saturated carbocycles. The van der Waals surface area contributed by atoms with Crippen LogP contribution in [0.5, 0.6) is 0 Å². The van der Waals surface area contributed by atoms with Gasteiger partial charge in [-0.3, -0.25) is 0 Å². The first-order valence-corrected chi connectivity index (χ1v) is 13.2. The largest absolute Gasteiger partial charge is 0.456 e. The van der Waals surface area contributed by atoms with E-state index in [-0.39, 0.29) is 11.1 Å². The van der Waals surface area contributed by atoms with E-state index in [4.69, 9.17) is 18.1 Å². The highest BCUT2D eigenvalue weighted by atomic mass is 16.3. The summed E-state index contributed by atoms with van der Waals surface area (Å²) in [6.07, 6.45) is 0. The highest BCUT2D eigenvalue weighted by Gasteiger charge is 2.18. The summed E-state index contributed by atoms with van der Waals surface area (Å²) in [7, 11) is 0. The lowest BCUT2D eigenvalue weighted by atomic mass is 9.84. The van der Waals surface area contributed by atoms with E-state index in [0.717, 1.165) is 0 Å². The molecule has 9 aromatic rings. The van der Waals surface area contributed by atoms with Gasteiger partial charge in [-0.2, -0.15) is 0 Å². The Hall–Kier alpha value is -5.66. The zero-order valence-electron chi connectivity index (χ0n) is 40.9. The standard InChI is InChI=1S/C42H26O/c1-2-13-30-27(11-1)12-9-20-32(30)41-35-16-5-3-14-33(35)40(34-15-4-6-17-36(34)41)29-25-23-28(24-26-29)31-19-10-22-39-42(31)37-18-7-8-21-38(37)43-39/h1-26H/i1D,2D,3D,4D,5D,6D,9D,11D,12D,13D,14D,15D,16D,17D,20D,23D,24D,25D,26D. The van der Waals surface area contributed by atoms with Crippen LogP contribution in [0.1, 0.15) is 26.0 Å². The minimum absolute atomic E-state index is 0.159. The molecule has 1 heterocycles. The summed E-state index contributed by atoms with van der Waals surface area (Å²) in [6.45, 7) is 0. The van der Waals surface area contributed by atoms with Crippen LogP contribution in [-0.2, 0) is 0 Å². The van der Waals surface area contributed by atoms with Crippen molar-refractivity contribution in [2.45, 2.75) is 0 Å². The molecule has 0 aliphatic carbocycles. The third-order valence-corrected chi connectivity index (χ3v) is 7.48. The SMILES string of the molecule is [2H]c1c([2H])c(-c2cccc3oc4ccccc4c23)c([2H])c([2H])c1-c1c2c([2H])c([2H])c([2H])c([2H])c2c(-c2c([2H])c([2H])c([2H])c3c([2H])c([2H])c([2H])c([2H])c23)c2c([2H])c([2H])c([2H])c([2H])c12. The van der Waals surface area contributed by atoms with Gasteiger partial charge in [0.15, 0.2) is 0 Å². The van der Waals surface area contributed by atoms with Crippen LogP contribution in [0, 0.1) is 0 Å². The van der Waals surface area contributed by atoms with Gasteiger partial charge in [0.05, 0.1) is 26.0 Å². The second-order valence-corrected chi connectivity index (χ2v) is 9.78. The van der Waals surface area contributed by atoms with Gasteiger partial charge in [0.25, 0.3) is 0 Å². The highest BCUT2D eigenvalue weighted by molar-refractivity contribution is 6.23. The first kappa shape index (κ1) is 11.9. The maximum absolute atomic E-state index is 9.53. The van der Waals surface area contributed by atoms with Gasteiger partial charge in [-0.05, 0) is 77.8 Å². The minimum Gasteiger partial charge on any atom is -0.456 e. The van der Waals surface area contributed by atoms with Gasteiger partial charge in [-0.15, -0.1) is 0 Å².